The van der Waals surface area contributed by atoms with Crippen molar-refractivity contribution in [3.63, 3.8) is 0 Å². The van der Waals surface area contributed by atoms with Gasteiger partial charge < -0.3 is 0 Å². The van der Waals surface area contributed by atoms with Crippen molar-refractivity contribution in [1.29, 1.82) is 0 Å². The average molecular weight is 292 g/mol. The SMILES string of the molecule is FC(F)(F)CN(CCCl)Cc1ccc(Cl)s1. The molecule has 1 rings (SSSR count). The fourth-order valence-corrected chi connectivity index (χ4v) is 2.61. The predicted molar refractivity (Wildman–Crippen MR) is 61.4 cm³/mol. The maximum atomic E-state index is 12.2. The molecule has 0 aliphatic carbocycles. The molecule has 16 heavy (non-hydrogen) atoms. The van der Waals surface area contributed by atoms with Gasteiger partial charge >= 0.3 is 6.18 Å². The van der Waals surface area contributed by atoms with Gasteiger partial charge in [0.15, 0.2) is 0 Å². The topological polar surface area (TPSA) is 3.24 Å². The van der Waals surface area contributed by atoms with Crippen LogP contribution in [0.5, 0.6) is 0 Å². The Morgan fingerprint density at radius 2 is 2.00 bits per heavy atom. The molecule has 0 atom stereocenters. The summed E-state index contributed by atoms with van der Waals surface area (Å²) in [5.74, 6) is 0.176. The Balaban J connectivity index is 2.57. The number of thiophene rings is 1. The Bertz CT molecular complexity index is 327. The predicted octanol–water partition coefficient (Wildman–Crippen LogP) is 4.00. The first-order valence-electron chi connectivity index (χ1n) is 4.50. The Hall–Kier alpha value is 0.0300. The molecule has 92 valence electrons. The van der Waals surface area contributed by atoms with Crippen molar-refractivity contribution in [2.24, 2.45) is 0 Å². The summed E-state index contributed by atoms with van der Waals surface area (Å²) in [4.78, 5) is 2.06. The van der Waals surface area contributed by atoms with Crippen LogP contribution in [0, 0.1) is 0 Å². The van der Waals surface area contributed by atoms with Gasteiger partial charge in [-0.15, -0.1) is 22.9 Å². The minimum absolute atomic E-state index is 0.176. The van der Waals surface area contributed by atoms with E-state index in [2.05, 4.69) is 0 Å². The van der Waals surface area contributed by atoms with Gasteiger partial charge in [0.2, 0.25) is 0 Å². The zero-order valence-electron chi connectivity index (χ0n) is 8.23. The second-order valence-corrected chi connectivity index (χ2v) is 5.40. The number of halogens is 5. The molecule has 0 unspecified atom stereocenters. The van der Waals surface area contributed by atoms with Gasteiger partial charge in [0.1, 0.15) is 0 Å². The van der Waals surface area contributed by atoms with Gasteiger partial charge in [-0.25, -0.2) is 0 Å². The number of alkyl halides is 4. The van der Waals surface area contributed by atoms with Crippen LogP contribution in [-0.2, 0) is 6.54 Å². The van der Waals surface area contributed by atoms with Crippen molar-refractivity contribution in [1.82, 2.24) is 4.90 Å². The van der Waals surface area contributed by atoms with Gasteiger partial charge in [-0.3, -0.25) is 4.90 Å². The van der Waals surface area contributed by atoms with E-state index in [1.54, 1.807) is 12.1 Å². The quantitative estimate of drug-likeness (QED) is 0.741. The van der Waals surface area contributed by atoms with E-state index in [1.807, 2.05) is 0 Å². The maximum absolute atomic E-state index is 12.2. The van der Waals surface area contributed by atoms with Crippen LogP contribution in [0.25, 0.3) is 0 Å². The van der Waals surface area contributed by atoms with Crippen LogP contribution >= 0.6 is 34.5 Å². The molecule has 0 aliphatic heterocycles. The Kier molecular flexibility index (Phi) is 5.37. The summed E-state index contributed by atoms with van der Waals surface area (Å²) in [7, 11) is 0. The van der Waals surface area contributed by atoms with Gasteiger partial charge in [0.25, 0.3) is 0 Å². The first-order valence-corrected chi connectivity index (χ1v) is 6.23. The van der Waals surface area contributed by atoms with E-state index in [0.717, 1.165) is 4.88 Å². The van der Waals surface area contributed by atoms with Crippen molar-refractivity contribution >= 4 is 34.5 Å². The molecule has 0 spiro atoms. The van der Waals surface area contributed by atoms with Crippen LogP contribution in [0.2, 0.25) is 4.34 Å². The second kappa shape index (κ2) is 6.10. The first-order chi connectivity index (χ1) is 7.40. The molecule has 0 radical (unpaired) electrons. The summed E-state index contributed by atoms with van der Waals surface area (Å²) in [5.41, 5.74) is 0. The molecule has 0 saturated heterocycles. The average Bonchev–Trinajstić information content (AvgIpc) is 2.48. The monoisotopic (exact) mass is 291 g/mol. The number of hydrogen-bond acceptors (Lipinski definition) is 2. The van der Waals surface area contributed by atoms with E-state index in [9.17, 15) is 13.2 Å². The third-order valence-electron chi connectivity index (χ3n) is 1.81. The summed E-state index contributed by atoms with van der Waals surface area (Å²) in [6, 6.07) is 3.40. The molecule has 1 nitrogen and oxygen atoms in total. The van der Waals surface area contributed by atoms with E-state index in [4.69, 9.17) is 23.2 Å². The van der Waals surface area contributed by atoms with Crippen LogP contribution in [0.3, 0.4) is 0 Å². The zero-order valence-corrected chi connectivity index (χ0v) is 10.6. The van der Waals surface area contributed by atoms with Gasteiger partial charge in [-0.2, -0.15) is 13.2 Å². The van der Waals surface area contributed by atoms with Crippen LogP contribution in [0.4, 0.5) is 13.2 Å². The summed E-state index contributed by atoms with van der Waals surface area (Å²) in [6.07, 6.45) is -4.20. The molecule has 1 aromatic rings. The van der Waals surface area contributed by atoms with Crippen LogP contribution in [0.15, 0.2) is 12.1 Å². The first kappa shape index (κ1) is 14.1. The molecule has 1 aromatic heterocycles. The molecule has 0 aromatic carbocycles. The van der Waals surface area contributed by atoms with Crippen molar-refractivity contribution in [3.05, 3.63) is 21.3 Å². The van der Waals surface area contributed by atoms with E-state index < -0.39 is 12.7 Å². The lowest BCUT2D eigenvalue weighted by Crippen LogP contribution is -2.34. The highest BCUT2D eigenvalue weighted by atomic mass is 35.5. The highest BCUT2D eigenvalue weighted by molar-refractivity contribution is 7.16. The van der Waals surface area contributed by atoms with Crippen molar-refractivity contribution in [3.8, 4) is 0 Å². The van der Waals surface area contributed by atoms with Crippen LogP contribution in [0.1, 0.15) is 4.88 Å². The third kappa shape index (κ3) is 5.39. The lowest BCUT2D eigenvalue weighted by Gasteiger charge is -2.21. The second-order valence-electron chi connectivity index (χ2n) is 3.22. The van der Waals surface area contributed by atoms with E-state index in [1.165, 1.54) is 16.2 Å². The Morgan fingerprint density at radius 3 is 2.44 bits per heavy atom. The van der Waals surface area contributed by atoms with E-state index in [-0.39, 0.29) is 19.0 Å². The standard InChI is InChI=1S/C9H10Cl2F3NS/c10-3-4-15(6-9(12,13)14)5-7-1-2-8(11)16-7/h1-2H,3-6H2. The fourth-order valence-electron chi connectivity index (χ4n) is 1.24. The molecular weight excluding hydrogens is 282 g/mol. The highest BCUT2D eigenvalue weighted by Crippen LogP contribution is 2.24. The summed E-state index contributed by atoms with van der Waals surface area (Å²) < 4.78 is 37.3. The molecule has 0 fully saturated rings. The number of rotatable bonds is 5. The number of hydrogen-bond donors (Lipinski definition) is 0. The summed E-state index contributed by atoms with van der Waals surface area (Å²) in [5, 5.41) is 0. The zero-order chi connectivity index (χ0) is 12.2. The molecule has 1 heterocycles. The molecule has 0 saturated carbocycles. The molecule has 0 N–H and O–H groups in total. The lowest BCUT2D eigenvalue weighted by molar-refractivity contribution is -0.146. The van der Waals surface area contributed by atoms with Crippen LogP contribution < -0.4 is 0 Å². The fraction of sp³-hybridized carbons (Fsp3) is 0.556. The van der Waals surface area contributed by atoms with Crippen molar-refractivity contribution in [2.75, 3.05) is 19.0 Å². The summed E-state index contributed by atoms with van der Waals surface area (Å²) in [6.45, 7) is -0.518. The minimum atomic E-state index is -4.20. The Morgan fingerprint density at radius 1 is 1.31 bits per heavy atom. The van der Waals surface area contributed by atoms with Crippen LogP contribution in [-0.4, -0.2) is 30.0 Å². The lowest BCUT2D eigenvalue weighted by atomic mass is 10.4. The largest absolute Gasteiger partial charge is 0.401 e. The van der Waals surface area contributed by atoms with E-state index >= 15 is 0 Å². The van der Waals surface area contributed by atoms with Gasteiger partial charge in [0.05, 0.1) is 10.9 Å². The highest BCUT2D eigenvalue weighted by Gasteiger charge is 2.30. The summed E-state index contributed by atoms with van der Waals surface area (Å²) >= 11 is 12.5. The minimum Gasteiger partial charge on any atom is -0.289 e. The third-order valence-corrected chi connectivity index (χ3v) is 3.20. The van der Waals surface area contributed by atoms with Gasteiger partial charge in [-0.1, -0.05) is 11.6 Å². The Labute approximate surface area is 106 Å². The molecule has 0 bridgehead atoms. The van der Waals surface area contributed by atoms with Gasteiger partial charge in [-0.05, 0) is 12.1 Å². The normalized spacial score (nSPS) is 12.4. The smallest absolute Gasteiger partial charge is 0.289 e. The molecular formula is C9H10Cl2F3NS. The van der Waals surface area contributed by atoms with Gasteiger partial charge in [0, 0.05) is 23.8 Å². The maximum Gasteiger partial charge on any atom is 0.401 e. The molecule has 7 heteroatoms. The van der Waals surface area contributed by atoms with Crippen molar-refractivity contribution < 1.29 is 13.2 Å². The number of nitrogens with zero attached hydrogens (tertiary/aromatic N) is 1. The molecule has 0 aliphatic rings. The van der Waals surface area contributed by atoms with E-state index in [0.29, 0.717) is 4.34 Å². The molecule has 0 amide bonds. The van der Waals surface area contributed by atoms with Crippen molar-refractivity contribution in [2.45, 2.75) is 12.7 Å².